The van der Waals surface area contributed by atoms with Crippen molar-refractivity contribution in [2.75, 3.05) is 39.6 Å². The fourth-order valence-corrected chi connectivity index (χ4v) is 7.15. The number of ether oxygens (including phenoxy) is 6. The standard InChI is InChI=1S/C48H57F15O6/c1-4-7-10-19-64-37-25-31-32-26-38(65-20-11-8-5-2)41(68-23-14-17-44(51,52)47(58,59)60)29-35(32)36-30-42(69-24-15-18-45(53,54)48(61,62)63)39(66-21-12-9-6-3)27-33(36)34(31)28-40(37)67-22-13-16-43(49,50)46(55,56)57/h25-30H,4-24H2,1-3H3. The number of rotatable bonds is 30. The van der Waals surface area contributed by atoms with Gasteiger partial charge in [0.15, 0.2) is 34.5 Å². The van der Waals surface area contributed by atoms with Crippen LogP contribution in [0.2, 0.25) is 0 Å². The Morgan fingerprint density at radius 3 is 0.609 bits per heavy atom. The van der Waals surface area contributed by atoms with Crippen molar-refractivity contribution in [2.24, 2.45) is 0 Å². The molecule has 0 aromatic heterocycles. The number of fused-ring (bicyclic) bond motifs is 6. The van der Waals surface area contributed by atoms with E-state index in [1.807, 2.05) is 20.8 Å². The van der Waals surface area contributed by atoms with Gasteiger partial charge in [0, 0.05) is 19.3 Å². The Kier molecular flexibility index (Phi) is 20.2. The molecule has 0 fully saturated rings. The van der Waals surface area contributed by atoms with E-state index in [4.69, 9.17) is 28.4 Å². The van der Waals surface area contributed by atoms with Crippen molar-refractivity contribution < 1.29 is 94.3 Å². The highest BCUT2D eigenvalue weighted by Gasteiger charge is 2.58. The molecule has 4 rings (SSSR count). The number of hydrogen-bond acceptors (Lipinski definition) is 6. The average Bonchev–Trinajstić information content (AvgIpc) is 3.26. The van der Waals surface area contributed by atoms with Gasteiger partial charge in [-0.2, -0.15) is 65.9 Å². The molecular formula is C48H57F15O6. The van der Waals surface area contributed by atoms with Crippen molar-refractivity contribution in [3.8, 4) is 34.5 Å². The Balaban J connectivity index is 2.00. The second-order valence-electron chi connectivity index (χ2n) is 16.7. The van der Waals surface area contributed by atoms with Gasteiger partial charge in [0.2, 0.25) is 0 Å². The van der Waals surface area contributed by atoms with Crippen molar-refractivity contribution in [2.45, 2.75) is 153 Å². The molecule has 0 saturated carbocycles. The summed E-state index contributed by atoms with van der Waals surface area (Å²) in [5.74, 6) is -15.1. The van der Waals surface area contributed by atoms with Gasteiger partial charge in [0.05, 0.1) is 39.6 Å². The molecular weight excluding hydrogens is 957 g/mol. The Morgan fingerprint density at radius 2 is 0.449 bits per heavy atom. The molecule has 0 heterocycles. The summed E-state index contributed by atoms with van der Waals surface area (Å²) in [6.07, 6.45) is -18.1. The highest BCUT2D eigenvalue weighted by Crippen LogP contribution is 2.48. The second kappa shape index (κ2) is 24.5. The number of alkyl halides is 15. The monoisotopic (exact) mass is 1010 g/mol. The van der Waals surface area contributed by atoms with Gasteiger partial charge in [-0.3, -0.25) is 0 Å². The maximum absolute atomic E-state index is 13.9. The predicted molar refractivity (Wildman–Crippen MR) is 231 cm³/mol. The first kappa shape index (κ1) is 57.0. The Labute approximate surface area is 390 Å². The smallest absolute Gasteiger partial charge is 0.453 e. The molecule has 4 aromatic rings. The van der Waals surface area contributed by atoms with E-state index in [0.29, 0.717) is 46.2 Å². The van der Waals surface area contributed by atoms with Crippen molar-refractivity contribution in [1.82, 2.24) is 0 Å². The van der Waals surface area contributed by atoms with E-state index >= 15 is 0 Å². The van der Waals surface area contributed by atoms with Crippen LogP contribution in [0.5, 0.6) is 34.5 Å². The van der Waals surface area contributed by atoms with Gasteiger partial charge in [-0.15, -0.1) is 0 Å². The largest absolute Gasteiger partial charge is 0.490 e. The van der Waals surface area contributed by atoms with Crippen molar-refractivity contribution in [3.05, 3.63) is 36.4 Å². The van der Waals surface area contributed by atoms with E-state index in [9.17, 15) is 65.9 Å². The maximum Gasteiger partial charge on any atom is 0.453 e. The van der Waals surface area contributed by atoms with Crippen LogP contribution in [0, 0.1) is 0 Å². The summed E-state index contributed by atoms with van der Waals surface area (Å²) in [6, 6.07) is 8.90. The fourth-order valence-electron chi connectivity index (χ4n) is 7.15. The summed E-state index contributed by atoms with van der Waals surface area (Å²) in [5, 5.41) is 2.04. The molecule has 0 aliphatic heterocycles. The van der Waals surface area contributed by atoms with Gasteiger partial charge in [-0.25, -0.2) is 0 Å². The highest BCUT2D eigenvalue weighted by atomic mass is 19.4. The van der Waals surface area contributed by atoms with E-state index in [2.05, 4.69) is 0 Å². The third kappa shape index (κ3) is 15.4. The van der Waals surface area contributed by atoms with Crippen LogP contribution in [0.15, 0.2) is 36.4 Å². The van der Waals surface area contributed by atoms with Crippen LogP contribution in [0.25, 0.3) is 32.3 Å². The summed E-state index contributed by atoms with van der Waals surface area (Å²) in [7, 11) is 0. The lowest BCUT2D eigenvalue weighted by molar-refractivity contribution is -0.284. The van der Waals surface area contributed by atoms with Crippen LogP contribution in [-0.4, -0.2) is 75.9 Å². The molecule has 21 heteroatoms. The van der Waals surface area contributed by atoms with Crippen molar-refractivity contribution >= 4 is 32.3 Å². The van der Waals surface area contributed by atoms with Gasteiger partial charge in [0.25, 0.3) is 0 Å². The first-order valence-electron chi connectivity index (χ1n) is 22.9. The molecule has 6 nitrogen and oxygen atoms in total. The van der Waals surface area contributed by atoms with E-state index < -0.39 is 94.6 Å². The molecule has 0 amide bonds. The number of benzene rings is 4. The average molecular weight is 1010 g/mol. The van der Waals surface area contributed by atoms with E-state index in [1.165, 1.54) is 30.3 Å². The quantitative estimate of drug-likeness (QED) is 0.0295. The lowest BCUT2D eigenvalue weighted by Crippen LogP contribution is -2.36. The molecule has 390 valence electrons. The van der Waals surface area contributed by atoms with Gasteiger partial charge in [-0.1, -0.05) is 59.3 Å². The highest BCUT2D eigenvalue weighted by molar-refractivity contribution is 6.26. The van der Waals surface area contributed by atoms with Crippen LogP contribution in [-0.2, 0) is 0 Å². The van der Waals surface area contributed by atoms with Crippen LogP contribution < -0.4 is 28.4 Å². The fraction of sp³-hybridized carbons (Fsp3) is 0.625. The second-order valence-corrected chi connectivity index (χ2v) is 16.7. The summed E-state index contributed by atoms with van der Waals surface area (Å²) in [6.45, 7) is 4.32. The summed E-state index contributed by atoms with van der Waals surface area (Å²) in [5.41, 5.74) is 0. The maximum atomic E-state index is 13.9. The van der Waals surface area contributed by atoms with Crippen molar-refractivity contribution in [1.29, 1.82) is 0 Å². The summed E-state index contributed by atoms with van der Waals surface area (Å²) >= 11 is 0. The first-order chi connectivity index (χ1) is 32.3. The van der Waals surface area contributed by atoms with E-state index in [-0.39, 0.29) is 59.7 Å². The van der Waals surface area contributed by atoms with Crippen LogP contribution in [0.1, 0.15) is 117 Å². The number of hydrogen-bond donors (Lipinski definition) is 0. The molecule has 0 bridgehead atoms. The lowest BCUT2D eigenvalue weighted by atomic mass is 9.93. The third-order valence-electron chi connectivity index (χ3n) is 11.1. The summed E-state index contributed by atoms with van der Waals surface area (Å²) in [4.78, 5) is 0. The third-order valence-corrected chi connectivity index (χ3v) is 11.1. The summed E-state index contributed by atoms with van der Waals surface area (Å²) < 4.78 is 236. The molecule has 0 saturated heterocycles. The van der Waals surface area contributed by atoms with Crippen LogP contribution >= 0.6 is 0 Å². The first-order valence-corrected chi connectivity index (χ1v) is 22.9. The Morgan fingerprint density at radius 1 is 0.275 bits per heavy atom. The number of halogens is 15. The van der Waals surface area contributed by atoms with Gasteiger partial charge in [0.1, 0.15) is 0 Å². The van der Waals surface area contributed by atoms with Gasteiger partial charge >= 0.3 is 36.3 Å². The Bertz CT molecular complexity index is 2240. The SMILES string of the molecule is CCCCCOc1cc2c3cc(OCCCCC)c(OCCCC(F)(F)C(F)(F)F)cc3c3cc(OCCCC(F)(F)C(F)(F)F)c(OCCCCC)cc3c2cc1OCCCC(F)(F)C(F)(F)F. The molecule has 0 radical (unpaired) electrons. The van der Waals surface area contributed by atoms with Gasteiger partial charge < -0.3 is 28.4 Å². The zero-order chi connectivity index (χ0) is 51.3. The molecule has 0 spiro atoms. The van der Waals surface area contributed by atoms with Gasteiger partial charge in [-0.05, 0) is 107 Å². The Hall–Kier alpha value is -4.59. The predicted octanol–water partition coefficient (Wildman–Crippen LogP) is 16.9. The van der Waals surface area contributed by atoms with E-state index in [1.54, 1.807) is 6.07 Å². The minimum atomic E-state index is -5.81. The molecule has 69 heavy (non-hydrogen) atoms. The zero-order valence-electron chi connectivity index (χ0n) is 38.4. The topological polar surface area (TPSA) is 55.4 Å². The number of unbranched alkanes of at least 4 members (excludes halogenated alkanes) is 6. The van der Waals surface area contributed by atoms with E-state index in [0.717, 1.165) is 38.5 Å². The minimum absolute atomic E-state index is 0.0246. The molecule has 0 aliphatic carbocycles. The zero-order valence-corrected chi connectivity index (χ0v) is 38.4. The normalized spacial score (nSPS) is 13.1. The molecule has 0 atom stereocenters. The van der Waals surface area contributed by atoms with Crippen molar-refractivity contribution in [3.63, 3.8) is 0 Å². The molecule has 4 aromatic carbocycles. The minimum Gasteiger partial charge on any atom is -0.490 e. The van der Waals surface area contributed by atoms with Crippen LogP contribution in [0.3, 0.4) is 0 Å². The molecule has 0 aliphatic rings. The molecule has 0 unspecified atom stereocenters. The van der Waals surface area contributed by atoms with Crippen LogP contribution in [0.4, 0.5) is 65.9 Å². The molecule has 0 N–H and O–H groups in total. The lowest BCUT2D eigenvalue weighted by Gasteiger charge is -2.22.